The van der Waals surface area contributed by atoms with Gasteiger partial charge in [-0.05, 0) is 55.0 Å². The summed E-state index contributed by atoms with van der Waals surface area (Å²) in [5, 5.41) is 8.99. The van der Waals surface area contributed by atoms with E-state index in [1.54, 1.807) is 25.1 Å². The Morgan fingerprint density at radius 3 is 2.32 bits per heavy atom. The lowest BCUT2D eigenvalue weighted by atomic mass is 10.1. The third-order valence-corrected chi connectivity index (χ3v) is 3.10. The number of nitrogens with zero attached hydrogens (tertiary/aromatic N) is 1. The van der Waals surface area contributed by atoms with Crippen LogP contribution >= 0.6 is 0 Å². The first-order valence-corrected chi connectivity index (χ1v) is 7.40. The van der Waals surface area contributed by atoms with E-state index in [1.165, 1.54) is 42.5 Å². The van der Waals surface area contributed by atoms with Crippen LogP contribution in [0.1, 0.15) is 22.8 Å². The molecule has 0 saturated carbocycles. The molecule has 0 atom stereocenters. The second-order valence-corrected chi connectivity index (χ2v) is 4.86. The summed E-state index contributed by atoms with van der Waals surface area (Å²) >= 11 is 0. The number of ether oxygens (including phenoxy) is 2. The molecule has 5 nitrogen and oxygen atoms in total. The largest absolute Gasteiger partial charge is 0.462 e. The third-order valence-electron chi connectivity index (χ3n) is 3.10. The zero-order valence-electron chi connectivity index (χ0n) is 13.4. The second-order valence-electron chi connectivity index (χ2n) is 4.86. The number of carbonyl (C=O) groups is 2. The van der Waals surface area contributed by atoms with E-state index in [0.29, 0.717) is 5.56 Å². The average molecular weight is 339 g/mol. The SMILES string of the molecule is CCOC(=O)/C(C#N)=C/c1ccc(OC(=O)c2ccc(F)cc2)cc1. The second kappa shape index (κ2) is 8.41. The lowest BCUT2D eigenvalue weighted by molar-refractivity contribution is -0.137. The topological polar surface area (TPSA) is 76.4 Å². The number of esters is 2. The van der Waals surface area contributed by atoms with Gasteiger partial charge in [-0.25, -0.2) is 14.0 Å². The zero-order valence-corrected chi connectivity index (χ0v) is 13.4. The summed E-state index contributed by atoms with van der Waals surface area (Å²) in [5.41, 5.74) is 0.670. The molecule has 25 heavy (non-hydrogen) atoms. The summed E-state index contributed by atoms with van der Waals surface area (Å²) in [6.45, 7) is 1.83. The highest BCUT2D eigenvalue weighted by Gasteiger charge is 2.11. The van der Waals surface area contributed by atoms with E-state index < -0.39 is 17.8 Å². The summed E-state index contributed by atoms with van der Waals surface area (Å²) in [6, 6.07) is 13.0. The first-order valence-electron chi connectivity index (χ1n) is 7.40. The van der Waals surface area contributed by atoms with Crippen molar-refractivity contribution in [3.05, 3.63) is 71.0 Å². The summed E-state index contributed by atoms with van der Waals surface area (Å²) in [4.78, 5) is 23.5. The molecule has 0 aliphatic carbocycles. The molecular formula is C19H14FNO4. The predicted molar refractivity (Wildman–Crippen MR) is 88.0 cm³/mol. The molecule has 2 rings (SSSR count). The minimum absolute atomic E-state index is 0.127. The van der Waals surface area contributed by atoms with Crippen LogP contribution in [0.25, 0.3) is 6.08 Å². The minimum Gasteiger partial charge on any atom is -0.462 e. The molecule has 0 fully saturated rings. The Bertz CT molecular complexity index is 833. The van der Waals surface area contributed by atoms with Crippen molar-refractivity contribution < 1.29 is 23.5 Å². The van der Waals surface area contributed by atoms with Crippen molar-refractivity contribution in [2.45, 2.75) is 6.92 Å². The number of halogens is 1. The number of hydrogen-bond acceptors (Lipinski definition) is 5. The van der Waals surface area contributed by atoms with Crippen molar-refractivity contribution in [3.63, 3.8) is 0 Å². The van der Waals surface area contributed by atoms with Crippen LogP contribution in [-0.2, 0) is 9.53 Å². The Balaban J connectivity index is 2.09. The molecule has 6 heteroatoms. The summed E-state index contributed by atoms with van der Waals surface area (Å²) in [6.07, 6.45) is 1.38. The van der Waals surface area contributed by atoms with E-state index in [4.69, 9.17) is 14.7 Å². The van der Waals surface area contributed by atoms with Crippen molar-refractivity contribution in [2.24, 2.45) is 0 Å². The zero-order chi connectivity index (χ0) is 18.2. The molecular weight excluding hydrogens is 325 g/mol. The highest BCUT2D eigenvalue weighted by Crippen LogP contribution is 2.17. The van der Waals surface area contributed by atoms with Gasteiger partial charge in [-0.15, -0.1) is 0 Å². The first-order chi connectivity index (χ1) is 12.0. The van der Waals surface area contributed by atoms with Crippen molar-refractivity contribution >= 4 is 18.0 Å². The molecule has 2 aromatic carbocycles. The molecule has 0 saturated heterocycles. The van der Waals surface area contributed by atoms with Gasteiger partial charge in [-0.1, -0.05) is 12.1 Å². The third kappa shape index (κ3) is 5.01. The van der Waals surface area contributed by atoms with E-state index in [1.807, 2.05) is 0 Å². The number of benzene rings is 2. The van der Waals surface area contributed by atoms with Crippen LogP contribution in [0.15, 0.2) is 54.1 Å². The van der Waals surface area contributed by atoms with Crippen LogP contribution in [0.3, 0.4) is 0 Å². The monoisotopic (exact) mass is 339 g/mol. The van der Waals surface area contributed by atoms with Gasteiger partial charge >= 0.3 is 11.9 Å². The fourth-order valence-corrected chi connectivity index (χ4v) is 1.90. The van der Waals surface area contributed by atoms with Gasteiger partial charge in [0.05, 0.1) is 12.2 Å². The molecule has 0 aliphatic rings. The molecule has 0 amide bonds. The maximum Gasteiger partial charge on any atom is 0.348 e. The lowest BCUT2D eigenvalue weighted by Crippen LogP contribution is -2.08. The highest BCUT2D eigenvalue weighted by molar-refractivity contribution is 5.97. The van der Waals surface area contributed by atoms with Crippen molar-refractivity contribution in [2.75, 3.05) is 6.61 Å². The Labute approximate surface area is 143 Å². The van der Waals surface area contributed by atoms with Gasteiger partial charge < -0.3 is 9.47 Å². The molecule has 0 unspecified atom stereocenters. The van der Waals surface area contributed by atoms with Crippen LogP contribution in [0, 0.1) is 17.1 Å². The number of carbonyl (C=O) groups excluding carboxylic acids is 2. The minimum atomic E-state index is -0.697. The molecule has 126 valence electrons. The van der Waals surface area contributed by atoms with Crippen LogP contribution in [0.5, 0.6) is 5.75 Å². The van der Waals surface area contributed by atoms with E-state index in [0.717, 1.165) is 0 Å². The predicted octanol–water partition coefficient (Wildman–Crippen LogP) is 3.51. The summed E-state index contributed by atoms with van der Waals surface area (Å²) in [5.74, 6) is -1.48. The molecule has 0 radical (unpaired) electrons. The Morgan fingerprint density at radius 1 is 1.12 bits per heavy atom. The number of rotatable bonds is 5. The fourth-order valence-electron chi connectivity index (χ4n) is 1.90. The fraction of sp³-hybridized carbons (Fsp3) is 0.105. The van der Waals surface area contributed by atoms with Crippen molar-refractivity contribution in [1.82, 2.24) is 0 Å². The molecule has 0 aliphatic heterocycles. The normalized spacial score (nSPS) is 10.7. The Morgan fingerprint density at radius 2 is 1.76 bits per heavy atom. The van der Waals surface area contributed by atoms with Gasteiger partial charge in [0.1, 0.15) is 23.2 Å². The lowest BCUT2D eigenvalue weighted by Gasteiger charge is -2.05. The smallest absolute Gasteiger partial charge is 0.348 e. The maximum atomic E-state index is 12.8. The van der Waals surface area contributed by atoms with Crippen LogP contribution < -0.4 is 4.74 Å². The molecule has 0 aromatic heterocycles. The number of hydrogen-bond donors (Lipinski definition) is 0. The van der Waals surface area contributed by atoms with Crippen LogP contribution in [0.4, 0.5) is 4.39 Å². The summed E-state index contributed by atoms with van der Waals surface area (Å²) in [7, 11) is 0. The van der Waals surface area contributed by atoms with Crippen LogP contribution in [0.2, 0.25) is 0 Å². The van der Waals surface area contributed by atoms with Crippen molar-refractivity contribution in [3.8, 4) is 11.8 Å². The van der Waals surface area contributed by atoms with Gasteiger partial charge in [0.15, 0.2) is 0 Å². The number of nitriles is 1. The highest BCUT2D eigenvalue weighted by atomic mass is 19.1. The van der Waals surface area contributed by atoms with Gasteiger partial charge in [0, 0.05) is 0 Å². The maximum absolute atomic E-state index is 12.8. The standard InChI is InChI=1S/C19H14FNO4/c1-2-24-18(22)15(12-21)11-13-3-9-17(10-4-13)25-19(23)14-5-7-16(20)8-6-14/h3-11H,2H2,1H3/b15-11+. The molecule has 2 aromatic rings. The Hall–Kier alpha value is -3.46. The van der Waals surface area contributed by atoms with Gasteiger partial charge in [-0.3, -0.25) is 0 Å². The van der Waals surface area contributed by atoms with Gasteiger partial charge in [0.2, 0.25) is 0 Å². The van der Waals surface area contributed by atoms with E-state index in [9.17, 15) is 14.0 Å². The van der Waals surface area contributed by atoms with Gasteiger partial charge in [0.25, 0.3) is 0 Å². The Kier molecular flexibility index (Phi) is 6.02. The molecule has 0 N–H and O–H groups in total. The molecule has 0 spiro atoms. The average Bonchev–Trinajstić information content (AvgIpc) is 2.61. The molecule has 0 bridgehead atoms. The first kappa shape index (κ1) is 17.9. The van der Waals surface area contributed by atoms with Crippen LogP contribution in [-0.4, -0.2) is 18.5 Å². The van der Waals surface area contributed by atoms with Gasteiger partial charge in [-0.2, -0.15) is 5.26 Å². The van der Waals surface area contributed by atoms with E-state index in [-0.39, 0.29) is 23.5 Å². The quantitative estimate of drug-likeness (QED) is 0.360. The van der Waals surface area contributed by atoms with Crippen molar-refractivity contribution in [1.29, 1.82) is 5.26 Å². The summed E-state index contributed by atoms with van der Waals surface area (Å²) < 4.78 is 22.8. The molecule has 0 heterocycles. The van der Waals surface area contributed by atoms with E-state index >= 15 is 0 Å². The van der Waals surface area contributed by atoms with E-state index in [2.05, 4.69) is 0 Å².